The van der Waals surface area contributed by atoms with Crippen molar-refractivity contribution in [3.05, 3.63) is 88.8 Å². The molecule has 16 heteroatoms. The number of carbonyl (C=O) groups is 1. The number of anilines is 1. The van der Waals surface area contributed by atoms with Gasteiger partial charge in [0.15, 0.2) is 0 Å². The summed E-state index contributed by atoms with van der Waals surface area (Å²) in [7, 11) is -8.26. The van der Waals surface area contributed by atoms with Crippen LogP contribution in [0.3, 0.4) is 0 Å². The molecule has 12 nitrogen and oxygen atoms in total. The average Bonchev–Trinajstić information content (AvgIpc) is 3.67. The van der Waals surface area contributed by atoms with E-state index in [-0.39, 0.29) is 44.4 Å². The van der Waals surface area contributed by atoms with Gasteiger partial charge in [-0.3, -0.25) is 9.35 Å². The minimum absolute atomic E-state index is 0.00120. The lowest BCUT2D eigenvalue weighted by Gasteiger charge is -2.31. The van der Waals surface area contributed by atoms with Crippen molar-refractivity contribution in [1.82, 2.24) is 19.2 Å². The number of rotatable bonds is 8. The second-order valence-electron chi connectivity index (χ2n) is 10.2. The highest BCUT2D eigenvalue weighted by Gasteiger charge is 2.31. The van der Waals surface area contributed by atoms with Crippen molar-refractivity contribution in [3.8, 4) is 6.07 Å². The smallest absolute Gasteiger partial charge is 0.295 e. The fourth-order valence-electron chi connectivity index (χ4n) is 4.73. The molecule has 0 saturated carbocycles. The van der Waals surface area contributed by atoms with Gasteiger partial charge in [0, 0.05) is 42.9 Å². The van der Waals surface area contributed by atoms with Crippen LogP contribution in [0.25, 0.3) is 10.9 Å². The summed E-state index contributed by atoms with van der Waals surface area (Å²) in [5, 5.41) is 9.73. The lowest BCUT2D eigenvalue weighted by atomic mass is 10.0. The van der Waals surface area contributed by atoms with Gasteiger partial charge in [0.05, 0.1) is 20.6 Å². The van der Waals surface area contributed by atoms with Gasteiger partial charge >= 0.3 is 0 Å². The topological polar surface area (TPSA) is 191 Å². The van der Waals surface area contributed by atoms with E-state index < -0.39 is 26.2 Å². The van der Waals surface area contributed by atoms with Gasteiger partial charge in [0.2, 0.25) is 15.9 Å². The third-order valence-corrected chi connectivity index (χ3v) is 10.2. The van der Waals surface area contributed by atoms with Crippen LogP contribution in [-0.2, 0) is 31.5 Å². The summed E-state index contributed by atoms with van der Waals surface area (Å²) in [4.78, 5) is 17.5. The van der Waals surface area contributed by atoms with Crippen molar-refractivity contribution in [3.63, 3.8) is 0 Å². The Hall–Kier alpha value is -3.84. The van der Waals surface area contributed by atoms with Crippen LogP contribution in [0.1, 0.15) is 25.0 Å². The van der Waals surface area contributed by atoms with Crippen LogP contribution in [0.15, 0.2) is 82.9 Å². The highest BCUT2D eigenvalue weighted by Crippen LogP contribution is 2.31. The van der Waals surface area contributed by atoms with Crippen LogP contribution in [0.5, 0.6) is 0 Å². The molecule has 2 aromatic heterocycles. The number of aromatic amines is 1. The molecule has 3 heterocycles. The zero-order valence-corrected chi connectivity index (χ0v) is 26.9. The van der Waals surface area contributed by atoms with Gasteiger partial charge in [0.25, 0.3) is 10.1 Å². The first-order valence-corrected chi connectivity index (χ1v) is 17.2. The second kappa shape index (κ2) is 14.1. The third-order valence-electron chi connectivity index (χ3n) is 7.18. The molecule has 0 aliphatic carbocycles. The van der Waals surface area contributed by atoms with Crippen LogP contribution in [0.4, 0.5) is 5.69 Å². The van der Waals surface area contributed by atoms with Crippen molar-refractivity contribution in [1.29, 1.82) is 5.26 Å². The predicted molar refractivity (Wildman–Crippen MR) is 172 cm³/mol. The van der Waals surface area contributed by atoms with E-state index in [0.717, 1.165) is 5.57 Å². The number of nitrogen functional groups attached to an aromatic ring is 1. The molecule has 238 valence electrons. The molecular formula is C29H30Cl2N6O6S2. The molecule has 2 aromatic carbocycles. The Kier molecular flexibility index (Phi) is 10.6. The lowest BCUT2D eigenvalue weighted by Crippen LogP contribution is -2.50. The normalized spacial score (nSPS) is 14.4. The number of nitrogens with zero attached hydrogens (tertiary/aromatic N) is 3. The largest absolute Gasteiger partial charge is 0.396 e. The summed E-state index contributed by atoms with van der Waals surface area (Å²) in [6, 6.07) is 13.1. The van der Waals surface area contributed by atoms with Crippen LogP contribution < -0.4 is 10.5 Å². The molecule has 0 bridgehead atoms. The van der Waals surface area contributed by atoms with E-state index in [2.05, 4.69) is 22.4 Å². The molecule has 1 unspecified atom stereocenters. The summed E-state index contributed by atoms with van der Waals surface area (Å²) in [6.07, 6.45) is 4.82. The fraction of sp³-hybridized carbons (Fsp3) is 0.241. The number of benzene rings is 2. The van der Waals surface area contributed by atoms with E-state index in [1.54, 1.807) is 52.2 Å². The zero-order chi connectivity index (χ0) is 32.9. The maximum absolute atomic E-state index is 13.2. The first-order valence-electron chi connectivity index (χ1n) is 13.5. The minimum atomic E-state index is -4.14. The number of aryl methyl sites for hydroxylation is 1. The number of likely N-dealkylation sites (tertiary alicyclic amines) is 1. The molecule has 1 fully saturated rings. The van der Waals surface area contributed by atoms with Crippen LogP contribution in [0, 0.1) is 11.3 Å². The van der Waals surface area contributed by atoms with E-state index in [9.17, 15) is 26.9 Å². The van der Waals surface area contributed by atoms with Crippen LogP contribution in [0.2, 0.25) is 10.0 Å². The number of fused-ring (bicyclic) bond motifs is 1. The van der Waals surface area contributed by atoms with E-state index in [0.29, 0.717) is 42.5 Å². The van der Waals surface area contributed by atoms with Gasteiger partial charge in [-0.15, -0.1) is 0 Å². The summed E-state index contributed by atoms with van der Waals surface area (Å²) < 4.78 is 60.9. The molecule has 4 aromatic rings. The van der Waals surface area contributed by atoms with E-state index in [4.69, 9.17) is 33.5 Å². The Morgan fingerprint density at radius 1 is 1.11 bits per heavy atom. The van der Waals surface area contributed by atoms with Crippen molar-refractivity contribution >= 4 is 65.8 Å². The molecule has 1 atom stereocenters. The molecule has 1 aliphatic rings. The Balaban J connectivity index is 0.000000293. The Labute approximate surface area is 270 Å². The number of carbonyl (C=O) groups excluding carboxylic acids is 1. The minimum Gasteiger partial charge on any atom is -0.396 e. The monoisotopic (exact) mass is 692 g/mol. The van der Waals surface area contributed by atoms with E-state index in [1.165, 1.54) is 18.2 Å². The number of nitrogens with one attached hydrogen (secondary N) is 2. The molecule has 0 radical (unpaired) electrons. The summed E-state index contributed by atoms with van der Waals surface area (Å²) in [5.41, 5.74) is 7.95. The average molecular weight is 694 g/mol. The molecule has 1 saturated heterocycles. The first-order chi connectivity index (χ1) is 21.2. The number of aromatic nitrogens is 2. The molecule has 5 rings (SSSR count). The van der Waals surface area contributed by atoms with Crippen LogP contribution >= 0.6 is 23.2 Å². The van der Waals surface area contributed by atoms with Gasteiger partial charge in [-0.25, -0.2) is 8.42 Å². The third kappa shape index (κ3) is 8.26. The predicted octanol–water partition coefficient (Wildman–Crippen LogP) is 4.58. The number of nitrogens with two attached hydrogens (primary N) is 1. The second-order valence-corrected chi connectivity index (χ2v) is 14.1. The molecule has 5 N–H and O–H groups in total. The quantitative estimate of drug-likeness (QED) is 0.117. The summed E-state index contributed by atoms with van der Waals surface area (Å²) in [6.45, 7) is 5.17. The number of hydrogen-bond donors (Lipinski definition) is 4. The van der Waals surface area contributed by atoms with Crippen molar-refractivity contribution in [2.45, 2.75) is 41.6 Å². The number of nitriles is 1. The molecule has 0 spiro atoms. The fourth-order valence-corrected chi connectivity index (χ4v) is 7.33. The molecule has 45 heavy (non-hydrogen) atoms. The van der Waals surface area contributed by atoms with Gasteiger partial charge in [-0.1, -0.05) is 41.4 Å². The Morgan fingerprint density at radius 2 is 1.78 bits per heavy atom. The zero-order valence-electron chi connectivity index (χ0n) is 23.8. The van der Waals surface area contributed by atoms with Crippen LogP contribution in [-0.4, -0.2) is 60.9 Å². The maximum atomic E-state index is 13.2. The summed E-state index contributed by atoms with van der Waals surface area (Å²) >= 11 is 12.0. The lowest BCUT2D eigenvalue weighted by molar-refractivity contribution is -0.133. The van der Waals surface area contributed by atoms with Crippen molar-refractivity contribution < 1.29 is 26.2 Å². The number of sulfonamides is 1. The summed E-state index contributed by atoms with van der Waals surface area (Å²) in [5.74, 6) is -0.334. The Morgan fingerprint density at radius 3 is 2.40 bits per heavy atom. The molecular weight excluding hydrogens is 663 g/mol. The van der Waals surface area contributed by atoms with Gasteiger partial charge in [-0.2, -0.15) is 18.4 Å². The van der Waals surface area contributed by atoms with Gasteiger partial charge in [0.1, 0.15) is 22.7 Å². The Bertz CT molecular complexity index is 1970. The molecule has 1 aliphatic heterocycles. The number of H-pyrrole nitrogens is 1. The highest BCUT2D eigenvalue weighted by atomic mass is 35.5. The highest BCUT2D eigenvalue weighted by molar-refractivity contribution is 7.89. The van der Waals surface area contributed by atoms with Crippen molar-refractivity contribution in [2.75, 3.05) is 18.8 Å². The molecule has 1 amide bonds. The van der Waals surface area contributed by atoms with E-state index >= 15 is 0 Å². The van der Waals surface area contributed by atoms with Crippen molar-refractivity contribution in [2.24, 2.45) is 0 Å². The number of halogens is 2. The maximum Gasteiger partial charge on any atom is 0.295 e. The van der Waals surface area contributed by atoms with Gasteiger partial charge in [-0.05, 0) is 61.7 Å². The standard InChI is InChI=1S/C21H23Cl2N5O3S.C8H7NO3S/c1-14-4-8-28(9-5-14)21(29)19(6-10-27-7-2-3-15(27)13-24)26-32(30,31)16-11-17(22)20(25)18(23)12-16;10-13(11,12)8-3-1-2-7-6(8)4-5-9-7/h2-3,7,11-12,19,26H,1,4-6,8-10,25H2;1-5,9H,(H,10,11,12). The SMILES string of the molecule is C=C1CCN(C(=O)C(CCn2cccc2C#N)NS(=O)(=O)c2cc(Cl)c(N)c(Cl)c2)CC1.O=S(=O)(O)c1cccc2[nH]ccc12. The number of amides is 1. The van der Waals surface area contributed by atoms with E-state index in [1.807, 2.05) is 0 Å². The number of piperidine rings is 1. The first kappa shape index (κ1) is 34.0. The van der Waals surface area contributed by atoms with Gasteiger partial charge < -0.3 is 20.2 Å². The number of hydrogen-bond acceptors (Lipinski definition) is 7.